The minimum atomic E-state index is -0.812. The molecule has 1 aromatic carbocycles. The lowest BCUT2D eigenvalue weighted by Gasteiger charge is -2.23. The van der Waals surface area contributed by atoms with Crippen molar-refractivity contribution < 1.29 is 24.2 Å². The summed E-state index contributed by atoms with van der Waals surface area (Å²) in [6.07, 6.45) is 2.66. The fourth-order valence-electron chi connectivity index (χ4n) is 3.20. The van der Waals surface area contributed by atoms with Crippen LogP contribution in [0.4, 0.5) is 5.69 Å². The van der Waals surface area contributed by atoms with E-state index in [9.17, 15) is 19.5 Å². The number of anilines is 1. The fourth-order valence-corrected chi connectivity index (χ4v) is 3.20. The largest absolute Gasteiger partial charge is 0.482 e. The van der Waals surface area contributed by atoms with Crippen LogP contribution in [0, 0.1) is 0 Å². The molecule has 166 valence electrons. The molecule has 32 heavy (non-hydrogen) atoms. The molecule has 0 atom stereocenters. The summed E-state index contributed by atoms with van der Waals surface area (Å²) in [4.78, 5) is 47.9. The second kappa shape index (κ2) is 8.27. The molecule has 5 N–H and O–H groups in total. The number of aromatic nitrogens is 3. The van der Waals surface area contributed by atoms with Gasteiger partial charge in [0.05, 0.1) is 28.9 Å². The van der Waals surface area contributed by atoms with Crippen LogP contribution in [-0.2, 0) is 11.3 Å². The minimum absolute atomic E-state index is 0.0273. The maximum atomic E-state index is 12.8. The first-order chi connectivity index (χ1) is 15.3. The van der Waals surface area contributed by atoms with Crippen molar-refractivity contribution in [3.8, 4) is 5.75 Å². The molecule has 11 nitrogen and oxygen atoms in total. The summed E-state index contributed by atoms with van der Waals surface area (Å²) in [5, 5.41) is 17.6. The van der Waals surface area contributed by atoms with Crippen LogP contribution < -0.4 is 20.7 Å². The third-order valence-electron chi connectivity index (χ3n) is 4.90. The van der Waals surface area contributed by atoms with E-state index in [0.29, 0.717) is 22.5 Å². The predicted octanol–water partition coefficient (Wildman–Crippen LogP) is 0.719. The van der Waals surface area contributed by atoms with Gasteiger partial charge in [0.2, 0.25) is 0 Å². The zero-order valence-electron chi connectivity index (χ0n) is 17.5. The Morgan fingerprint density at radius 3 is 2.84 bits per heavy atom. The van der Waals surface area contributed by atoms with Crippen LogP contribution in [0.5, 0.6) is 5.75 Å². The lowest BCUT2D eigenvalue weighted by atomic mass is 10.1. The number of benzene rings is 1. The Bertz CT molecular complexity index is 1220. The first-order valence-electron chi connectivity index (χ1n) is 9.86. The Balaban J connectivity index is 1.51. The van der Waals surface area contributed by atoms with E-state index in [1.54, 1.807) is 32.0 Å². The molecule has 0 spiro atoms. The molecular weight excluding hydrogens is 416 g/mol. The highest BCUT2D eigenvalue weighted by molar-refractivity contribution is 6.10. The molecule has 4 rings (SSSR count). The van der Waals surface area contributed by atoms with Gasteiger partial charge in [-0.3, -0.25) is 14.4 Å². The predicted molar refractivity (Wildman–Crippen MR) is 114 cm³/mol. The SMILES string of the molecule is CC(C)(CO)NC(=O)c1c[nH]c2c(C(=O)NCc3ccc4c(c3)NC(=O)CO4)ncnc12. The standard InChI is InChI=1S/C21H22N6O5/c1-21(2,9-28)27-19(30)12-7-22-17-16(12)24-10-25-18(17)20(31)23-6-11-3-4-14-13(5-11)26-15(29)8-32-14/h3-5,7,10,22,28H,6,8-9H2,1-2H3,(H,23,31)(H,26,29)(H,27,30). The van der Waals surface area contributed by atoms with Gasteiger partial charge in [0.1, 0.15) is 17.6 Å². The van der Waals surface area contributed by atoms with Crippen LogP contribution in [0.25, 0.3) is 11.0 Å². The van der Waals surface area contributed by atoms with Crippen LogP contribution in [0.2, 0.25) is 0 Å². The Morgan fingerprint density at radius 2 is 2.06 bits per heavy atom. The highest BCUT2D eigenvalue weighted by Gasteiger charge is 2.24. The number of aliphatic hydroxyl groups is 1. The first-order valence-corrected chi connectivity index (χ1v) is 9.86. The number of H-pyrrole nitrogens is 1. The number of nitrogens with zero attached hydrogens (tertiary/aromatic N) is 2. The summed E-state index contributed by atoms with van der Waals surface area (Å²) < 4.78 is 5.33. The minimum Gasteiger partial charge on any atom is -0.482 e. The number of hydrogen-bond donors (Lipinski definition) is 5. The molecule has 3 aromatic rings. The summed E-state index contributed by atoms with van der Waals surface area (Å²) in [5.74, 6) is -0.562. The van der Waals surface area contributed by atoms with Crippen molar-refractivity contribution in [3.05, 3.63) is 47.5 Å². The molecule has 11 heteroatoms. The summed E-state index contributed by atoms with van der Waals surface area (Å²) in [6.45, 7) is 3.30. The molecule has 2 aromatic heterocycles. The lowest BCUT2D eigenvalue weighted by molar-refractivity contribution is -0.118. The zero-order chi connectivity index (χ0) is 22.9. The summed E-state index contributed by atoms with van der Waals surface area (Å²) >= 11 is 0. The Morgan fingerprint density at radius 1 is 1.25 bits per heavy atom. The molecule has 3 heterocycles. The molecule has 3 amide bonds. The van der Waals surface area contributed by atoms with Gasteiger partial charge in [-0.25, -0.2) is 9.97 Å². The summed E-state index contributed by atoms with van der Waals surface area (Å²) in [6, 6.07) is 5.23. The van der Waals surface area contributed by atoms with Crippen molar-refractivity contribution in [1.29, 1.82) is 0 Å². The Hall–Kier alpha value is -3.99. The molecule has 0 radical (unpaired) electrons. The van der Waals surface area contributed by atoms with E-state index in [2.05, 4.69) is 30.9 Å². The molecule has 0 fully saturated rings. The van der Waals surface area contributed by atoms with Gasteiger partial charge in [-0.05, 0) is 31.5 Å². The van der Waals surface area contributed by atoms with Gasteiger partial charge in [-0.1, -0.05) is 6.07 Å². The molecular formula is C21H22N6O5. The number of carbonyl (C=O) groups is 3. The van der Waals surface area contributed by atoms with Gasteiger partial charge in [-0.2, -0.15) is 0 Å². The number of fused-ring (bicyclic) bond motifs is 2. The quantitative estimate of drug-likeness (QED) is 0.379. The van der Waals surface area contributed by atoms with Crippen molar-refractivity contribution >= 4 is 34.4 Å². The number of nitrogens with one attached hydrogen (secondary N) is 4. The number of rotatable bonds is 6. The van der Waals surface area contributed by atoms with Crippen molar-refractivity contribution in [2.45, 2.75) is 25.9 Å². The van der Waals surface area contributed by atoms with E-state index in [1.165, 1.54) is 12.5 Å². The second-order valence-electron chi connectivity index (χ2n) is 7.99. The number of carbonyl (C=O) groups excluding carboxylic acids is 3. The molecule has 0 saturated carbocycles. The third kappa shape index (κ3) is 4.23. The monoisotopic (exact) mass is 438 g/mol. The van der Waals surface area contributed by atoms with Crippen molar-refractivity contribution in [1.82, 2.24) is 25.6 Å². The number of aliphatic hydroxyl groups excluding tert-OH is 1. The maximum absolute atomic E-state index is 12.8. The number of ether oxygens (including phenoxy) is 1. The van der Waals surface area contributed by atoms with Crippen LogP contribution in [-0.4, -0.2) is 56.5 Å². The Labute approximate surface area is 182 Å². The first kappa shape index (κ1) is 21.2. The van der Waals surface area contributed by atoms with Gasteiger partial charge in [0, 0.05) is 12.7 Å². The maximum Gasteiger partial charge on any atom is 0.272 e. The van der Waals surface area contributed by atoms with E-state index >= 15 is 0 Å². The molecule has 0 saturated heterocycles. The summed E-state index contributed by atoms with van der Waals surface area (Å²) in [7, 11) is 0. The van der Waals surface area contributed by atoms with Crippen LogP contribution in [0.3, 0.4) is 0 Å². The van der Waals surface area contributed by atoms with Gasteiger partial charge in [0.15, 0.2) is 12.3 Å². The molecule has 1 aliphatic rings. The van der Waals surface area contributed by atoms with E-state index in [4.69, 9.17) is 4.74 Å². The zero-order valence-corrected chi connectivity index (χ0v) is 17.5. The topological polar surface area (TPSA) is 158 Å². The van der Waals surface area contributed by atoms with Gasteiger partial charge in [0.25, 0.3) is 17.7 Å². The average molecular weight is 438 g/mol. The molecule has 0 unspecified atom stereocenters. The fraction of sp³-hybridized carbons (Fsp3) is 0.286. The molecule has 1 aliphatic heterocycles. The van der Waals surface area contributed by atoms with Gasteiger partial charge in [-0.15, -0.1) is 0 Å². The highest BCUT2D eigenvalue weighted by Crippen LogP contribution is 2.28. The van der Waals surface area contributed by atoms with Crippen LogP contribution in [0.15, 0.2) is 30.7 Å². The number of aromatic amines is 1. The van der Waals surface area contributed by atoms with E-state index in [1.807, 2.05) is 0 Å². The molecule has 0 bridgehead atoms. The van der Waals surface area contributed by atoms with Crippen molar-refractivity contribution in [2.75, 3.05) is 18.5 Å². The number of amides is 3. The van der Waals surface area contributed by atoms with Gasteiger partial charge >= 0.3 is 0 Å². The van der Waals surface area contributed by atoms with E-state index in [-0.39, 0.29) is 36.9 Å². The third-order valence-corrected chi connectivity index (χ3v) is 4.90. The lowest BCUT2D eigenvalue weighted by Crippen LogP contribution is -2.46. The van der Waals surface area contributed by atoms with E-state index in [0.717, 1.165) is 5.56 Å². The van der Waals surface area contributed by atoms with Crippen molar-refractivity contribution in [2.24, 2.45) is 0 Å². The second-order valence-corrected chi connectivity index (χ2v) is 7.99. The Kier molecular flexibility index (Phi) is 5.49. The smallest absolute Gasteiger partial charge is 0.272 e. The normalized spacial score (nSPS) is 13.2. The van der Waals surface area contributed by atoms with Gasteiger partial charge < -0.3 is 30.8 Å². The van der Waals surface area contributed by atoms with E-state index < -0.39 is 17.4 Å². The molecule has 0 aliphatic carbocycles. The van der Waals surface area contributed by atoms with Crippen LogP contribution in [0.1, 0.15) is 40.3 Å². The average Bonchev–Trinajstić information content (AvgIpc) is 3.21. The summed E-state index contributed by atoms with van der Waals surface area (Å²) in [5.41, 5.74) is 1.43. The highest BCUT2D eigenvalue weighted by atomic mass is 16.5. The van der Waals surface area contributed by atoms with Crippen LogP contribution >= 0.6 is 0 Å². The van der Waals surface area contributed by atoms with Crippen molar-refractivity contribution in [3.63, 3.8) is 0 Å². The number of hydrogen-bond acceptors (Lipinski definition) is 7.